The zero-order valence-corrected chi connectivity index (χ0v) is 14.8. The van der Waals surface area contributed by atoms with Crippen LogP contribution in [-0.2, 0) is 12.8 Å². The first-order valence-corrected chi connectivity index (χ1v) is 9.00. The zero-order chi connectivity index (χ0) is 17.4. The lowest BCUT2D eigenvalue weighted by atomic mass is 9.72. The Bertz CT molecular complexity index is 788. The molecule has 1 unspecified atom stereocenters. The number of hydrogen-bond acceptors (Lipinski definition) is 3. The van der Waals surface area contributed by atoms with Gasteiger partial charge in [-0.1, -0.05) is 19.9 Å². The largest absolute Gasteiger partial charge is 0.323 e. The lowest BCUT2D eigenvalue weighted by Crippen LogP contribution is -2.59. The fourth-order valence-electron chi connectivity index (χ4n) is 4.15. The van der Waals surface area contributed by atoms with Crippen LogP contribution in [0, 0.1) is 5.41 Å². The number of pyridine rings is 2. The van der Waals surface area contributed by atoms with Gasteiger partial charge in [0.25, 0.3) is 0 Å². The van der Waals surface area contributed by atoms with Crippen molar-refractivity contribution in [3.8, 4) is 0 Å². The van der Waals surface area contributed by atoms with Crippen molar-refractivity contribution >= 4 is 11.8 Å². The van der Waals surface area contributed by atoms with Crippen molar-refractivity contribution < 1.29 is 4.79 Å². The molecular weight excluding hydrogens is 312 g/mol. The fourth-order valence-corrected chi connectivity index (χ4v) is 4.15. The van der Waals surface area contributed by atoms with Crippen molar-refractivity contribution in [3.05, 3.63) is 53.5 Å². The van der Waals surface area contributed by atoms with Crippen LogP contribution >= 0.6 is 0 Å². The molecule has 0 bridgehead atoms. The van der Waals surface area contributed by atoms with Gasteiger partial charge in [-0.25, -0.2) is 9.78 Å². The van der Waals surface area contributed by atoms with E-state index in [0.29, 0.717) is 5.82 Å². The molecule has 4 rings (SSSR count). The highest BCUT2D eigenvalue weighted by Gasteiger charge is 2.49. The number of amides is 2. The van der Waals surface area contributed by atoms with Crippen molar-refractivity contribution in [1.29, 1.82) is 0 Å². The molecule has 0 aromatic carbocycles. The van der Waals surface area contributed by atoms with E-state index in [4.69, 9.17) is 0 Å². The van der Waals surface area contributed by atoms with Crippen LogP contribution in [0.2, 0.25) is 0 Å². The summed E-state index contributed by atoms with van der Waals surface area (Å²) in [5.74, 6) is 0.653. The second-order valence-corrected chi connectivity index (χ2v) is 7.78. The average Bonchev–Trinajstić information content (AvgIpc) is 2.60. The number of fused-ring (bicyclic) bond motifs is 1. The van der Waals surface area contributed by atoms with Crippen molar-refractivity contribution in [2.45, 2.75) is 45.6 Å². The topological polar surface area (TPSA) is 58.1 Å². The van der Waals surface area contributed by atoms with E-state index in [-0.39, 0.29) is 17.5 Å². The second kappa shape index (κ2) is 6.14. The van der Waals surface area contributed by atoms with E-state index >= 15 is 0 Å². The van der Waals surface area contributed by atoms with Crippen molar-refractivity contribution in [2.24, 2.45) is 5.41 Å². The Labute approximate surface area is 148 Å². The quantitative estimate of drug-likeness (QED) is 0.903. The number of nitrogens with one attached hydrogen (secondary N) is 1. The number of anilines is 1. The summed E-state index contributed by atoms with van der Waals surface area (Å²) in [5, 5.41) is 2.99. The number of rotatable bonds is 2. The molecule has 1 aliphatic heterocycles. The summed E-state index contributed by atoms with van der Waals surface area (Å²) >= 11 is 0. The number of hydrogen-bond donors (Lipinski definition) is 1. The summed E-state index contributed by atoms with van der Waals surface area (Å²) < 4.78 is 0. The molecule has 1 N–H and O–H groups in total. The molecule has 1 atom stereocenters. The second-order valence-electron chi connectivity index (χ2n) is 7.78. The Balaban J connectivity index is 1.51. The van der Waals surface area contributed by atoms with Crippen LogP contribution in [0.15, 0.2) is 36.8 Å². The molecule has 2 aromatic heterocycles. The summed E-state index contributed by atoms with van der Waals surface area (Å²) in [6.07, 6.45) is 10.2. The number of aromatic nitrogens is 2. The first-order valence-electron chi connectivity index (χ1n) is 9.00. The average molecular weight is 336 g/mol. The molecular formula is C20H24N4O. The first kappa shape index (κ1) is 16.1. The monoisotopic (exact) mass is 336 g/mol. The van der Waals surface area contributed by atoms with Crippen LogP contribution in [0.25, 0.3) is 0 Å². The van der Waals surface area contributed by atoms with Gasteiger partial charge in [-0.3, -0.25) is 10.3 Å². The van der Waals surface area contributed by atoms with Gasteiger partial charge in [-0.05, 0) is 54.5 Å². The van der Waals surface area contributed by atoms with Crippen LogP contribution in [0.3, 0.4) is 0 Å². The summed E-state index contributed by atoms with van der Waals surface area (Å²) in [6, 6.07) is 5.95. The summed E-state index contributed by atoms with van der Waals surface area (Å²) in [4.78, 5) is 23.3. The molecule has 2 amide bonds. The summed E-state index contributed by atoms with van der Waals surface area (Å²) in [5.41, 5.74) is 3.77. The Hall–Kier alpha value is -2.43. The number of likely N-dealkylation sites (tertiary alicyclic amines) is 1. The molecule has 2 aliphatic rings. The maximum absolute atomic E-state index is 12.8. The van der Waals surface area contributed by atoms with Crippen LogP contribution in [-0.4, -0.2) is 27.4 Å². The fraction of sp³-hybridized carbons (Fsp3) is 0.450. The highest BCUT2D eigenvalue weighted by atomic mass is 16.2. The van der Waals surface area contributed by atoms with Gasteiger partial charge in [0.1, 0.15) is 5.82 Å². The van der Waals surface area contributed by atoms with Gasteiger partial charge in [0, 0.05) is 30.6 Å². The number of urea groups is 1. The van der Waals surface area contributed by atoms with E-state index in [2.05, 4.69) is 29.1 Å². The number of carbonyl (C=O) groups excluding carboxylic acids is 1. The Morgan fingerprint density at radius 2 is 2.04 bits per heavy atom. The van der Waals surface area contributed by atoms with E-state index in [1.807, 2.05) is 35.5 Å². The van der Waals surface area contributed by atoms with Crippen molar-refractivity contribution in [1.82, 2.24) is 14.9 Å². The summed E-state index contributed by atoms with van der Waals surface area (Å²) in [6.45, 7) is 5.10. The number of carbonyl (C=O) groups is 1. The highest BCUT2D eigenvalue weighted by molar-refractivity contribution is 5.89. The summed E-state index contributed by atoms with van der Waals surface area (Å²) in [7, 11) is 0. The first-order chi connectivity index (χ1) is 12.0. The van der Waals surface area contributed by atoms with Gasteiger partial charge < -0.3 is 4.90 Å². The highest BCUT2D eigenvalue weighted by Crippen LogP contribution is 2.48. The van der Waals surface area contributed by atoms with Crippen LogP contribution < -0.4 is 5.32 Å². The minimum absolute atomic E-state index is 0.0406. The molecule has 1 saturated heterocycles. The van der Waals surface area contributed by atoms with Crippen LogP contribution in [0.1, 0.15) is 49.4 Å². The third-order valence-corrected chi connectivity index (χ3v) is 5.35. The lowest BCUT2D eigenvalue weighted by Gasteiger charge is -2.54. The number of aryl methyl sites for hydroxylation is 2. The molecule has 1 aliphatic carbocycles. The predicted molar refractivity (Wildman–Crippen MR) is 97.4 cm³/mol. The van der Waals surface area contributed by atoms with Gasteiger partial charge in [0.15, 0.2) is 0 Å². The van der Waals surface area contributed by atoms with Crippen molar-refractivity contribution in [2.75, 3.05) is 11.9 Å². The van der Waals surface area contributed by atoms with Gasteiger partial charge in [-0.15, -0.1) is 0 Å². The normalized spacial score (nSPS) is 21.2. The maximum Gasteiger partial charge on any atom is 0.323 e. The van der Waals surface area contributed by atoms with Gasteiger partial charge >= 0.3 is 6.03 Å². The van der Waals surface area contributed by atoms with Crippen LogP contribution in [0.4, 0.5) is 10.6 Å². The lowest BCUT2D eigenvalue weighted by molar-refractivity contribution is -0.0117. The molecule has 0 saturated carbocycles. The van der Waals surface area contributed by atoms with E-state index in [9.17, 15) is 4.79 Å². The molecule has 0 spiro atoms. The minimum Gasteiger partial charge on any atom is -0.316 e. The number of nitrogens with zero attached hydrogens (tertiary/aromatic N) is 3. The molecule has 5 heteroatoms. The minimum atomic E-state index is -0.0866. The van der Waals surface area contributed by atoms with E-state index in [0.717, 1.165) is 24.9 Å². The van der Waals surface area contributed by atoms with E-state index < -0.39 is 0 Å². The van der Waals surface area contributed by atoms with E-state index in [1.165, 1.54) is 24.0 Å². The Morgan fingerprint density at radius 1 is 1.24 bits per heavy atom. The smallest absolute Gasteiger partial charge is 0.316 e. The standard InChI is InChI=1S/C20H24N4O/c1-20(2)13-24(18(20)16-8-5-9-21-11-16)19(25)23-17-10-14-6-3-4-7-15(14)12-22-17/h5,8-12,18H,3-4,6-7,13H2,1-2H3,(H,22,23,25). The molecule has 0 radical (unpaired) electrons. The van der Waals surface area contributed by atoms with Gasteiger partial charge in [0.2, 0.25) is 0 Å². The van der Waals surface area contributed by atoms with Gasteiger partial charge in [0.05, 0.1) is 6.04 Å². The van der Waals surface area contributed by atoms with Crippen molar-refractivity contribution in [3.63, 3.8) is 0 Å². The third-order valence-electron chi connectivity index (χ3n) is 5.35. The molecule has 3 heterocycles. The molecule has 2 aromatic rings. The van der Waals surface area contributed by atoms with Crippen LogP contribution in [0.5, 0.6) is 0 Å². The molecule has 25 heavy (non-hydrogen) atoms. The van der Waals surface area contributed by atoms with Gasteiger partial charge in [-0.2, -0.15) is 0 Å². The molecule has 130 valence electrons. The SMILES string of the molecule is CC1(C)CN(C(=O)Nc2cc3c(cn2)CCCC3)C1c1cccnc1. The Morgan fingerprint density at radius 3 is 2.76 bits per heavy atom. The molecule has 5 nitrogen and oxygen atoms in total. The molecule has 1 fully saturated rings. The third kappa shape index (κ3) is 2.99. The predicted octanol–water partition coefficient (Wildman–Crippen LogP) is 3.97. The maximum atomic E-state index is 12.8. The Kier molecular flexibility index (Phi) is 3.94. The zero-order valence-electron chi connectivity index (χ0n) is 14.8. The van der Waals surface area contributed by atoms with E-state index in [1.54, 1.807) is 6.20 Å².